The fourth-order valence-corrected chi connectivity index (χ4v) is 4.09. The van der Waals surface area contributed by atoms with Gasteiger partial charge in [0.1, 0.15) is 10.7 Å². The minimum absolute atomic E-state index is 0.246. The van der Waals surface area contributed by atoms with Crippen molar-refractivity contribution >= 4 is 37.5 Å². The standard InChI is InChI=1S/C15H16BrN3O2S/c16-12-3-5-13(6-4-12)18-15-8-7-14(11-17-15)22(20,21)19-9-1-2-10-19/h3-8,11H,1-2,9-10H2,(H,17,18). The Hall–Kier alpha value is -1.44. The molecule has 1 aliphatic heterocycles. The third-order valence-corrected chi connectivity index (χ3v) is 5.97. The van der Waals surface area contributed by atoms with Crippen molar-refractivity contribution in [1.82, 2.24) is 9.29 Å². The summed E-state index contributed by atoms with van der Waals surface area (Å²) in [5, 5.41) is 3.14. The average molecular weight is 382 g/mol. The molecule has 0 aliphatic carbocycles. The summed E-state index contributed by atoms with van der Waals surface area (Å²) in [6, 6.07) is 11.0. The summed E-state index contributed by atoms with van der Waals surface area (Å²) in [5.41, 5.74) is 0.894. The van der Waals surface area contributed by atoms with Gasteiger partial charge in [0.2, 0.25) is 10.0 Å². The van der Waals surface area contributed by atoms with Crippen LogP contribution in [0.15, 0.2) is 52.0 Å². The third-order valence-electron chi connectivity index (χ3n) is 3.56. The van der Waals surface area contributed by atoms with Gasteiger partial charge in [0.15, 0.2) is 0 Å². The molecule has 7 heteroatoms. The second kappa shape index (κ2) is 6.36. The van der Waals surface area contributed by atoms with E-state index in [0.717, 1.165) is 23.0 Å². The summed E-state index contributed by atoms with van der Waals surface area (Å²) in [5.74, 6) is 0.614. The Morgan fingerprint density at radius 3 is 2.32 bits per heavy atom. The number of halogens is 1. The zero-order valence-electron chi connectivity index (χ0n) is 11.9. The predicted octanol–water partition coefficient (Wildman–Crippen LogP) is 3.37. The van der Waals surface area contributed by atoms with Crippen molar-refractivity contribution in [1.29, 1.82) is 0 Å². The van der Waals surface area contributed by atoms with E-state index in [1.54, 1.807) is 12.1 Å². The van der Waals surface area contributed by atoms with Crippen molar-refractivity contribution in [3.05, 3.63) is 47.1 Å². The highest BCUT2D eigenvalue weighted by molar-refractivity contribution is 9.10. The Kier molecular flexibility index (Phi) is 4.46. The third kappa shape index (κ3) is 3.31. The molecule has 116 valence electrons. The van der Waals surface area contributed by atoms with Crippen LogP contribution < -0.4 is 5.32 Å². The first-order chi connectivity index (χ1) is 10.6. The molecule has 0 unspecified atom stereocenters. The van der Waals surface area contributed by atoms with Crippen LogP contribution in [0.25, 0.3) is 0 Å². The lowest BCUT2D eigenvalue weighted by Crippen LogP contribution is -2.27. The topological polar surface area (TPSA) is 62.3 Å². The van der Waals surface area contributed by atoms with Crippen LogP contribution in [0, 0.1) is 0 Å². The Balaban J connectivity index is 1.76. The minimum atomic E-state index is -3.40. The SMILES string of the molecule is O=S(=O)(c1ccc(Nc2ccc(Br)cc2)nc1)N1CCCC1. The Morgan fingerprint density at radius 2 is 1.73 bits per heavy atom. The highest BCUT2D eigenvalue weighted by Crippen LogP contribution is 2.22. The summed E-state index contributed by atoms with van der Waals surface area (Å²) in [6.45, 7) is 1.20. The molecule has 0 atom stereocenters. The van der Waals surface area contributed by atoms with E-state index in [4.69, 9.17) is 0 Å². The van der Waals surface area contributed by atoms with Crippen molar-refractivity contribution in [2.75, 3.05) is 18.4 Å². The Labute approximate surface area is 138 Å². The molecule has 2 heterocycles. The van der Waals surface area contributed by atoms with E-state index in [0.29, 0.717) is 18.9 Å². The second-order valence-corrected chi connectivity index (χ2v) is 7.98. The van der Waals surface area contributed by atoms with Gasteiger partial charge < -0.3 is 5.32 Å². The second-order valence-electron chi connectivity index (χ2n) is 5.12. The number of rotatable bonds is 4. The molecule has 0 bridgehead atoms. The summed E-state index contributed by atoms with van der Waals surface area (Å²) in [4.78, 5) is 4.45. The molecular weight excluding hydrogens is 366 g/mol. The van der Waals surface area contributed by atoms with Crippen LogP contribution in [0.3, 0.4) is 0 Å². The van der Waals surface area contributed by atoms with Gasteiger partial charge in [-0.2, -0.15) is 4.31 Å². The van der Waals surface area contributed by atoms with Gasteiger partial charge in [-0.05, 0) is 49.2 Å². The van der Waals surface area contributed by atoms with E-state index >= 15 is 0 Å². The first-order valence-electron chi connectivity index (χ1n) is 7.04. The molecule has 22 heavy (non-hydrogen) atoms. The van der Waals surface area contributed by atoms with Crippen LogP contribution in [0.4, 0.5) is 11.5 Å². The molecule has 2 aromatic rings. The molecule has 1 aliphatic rings. The van der Waals surface area contributed by atoms with Crippen molar-refractivity contribution in [2.45, 2.75) is 17.7 Å². The van der Waals surface area contributed by atoms with Crippen molar-refractivity contribution in [2.24, 2.45) is 0 Å². The number of hydrogen-bond donors (Lipinski definition) is 1. The van der Waals surface area contributed by atoms with Crippen LogP contribution in [0.2, 0.25) is 0 Å². The monoisotopic (exact) mass is 381 g/mol. The number of pyridine rings is 1. The van der Waals surface area contributed by atoms with Gasteiger partial charge in [0, 0.05) is 29.4 Å². The van der Waals surface area contributed by atoms with Gasteiger partial charge in [0.25, 0.3) is 0 Å². The summed E-state index contributed by atoms with van der Waals surface area (Å²) >= 11 is 3.38. The van der Waals surface area contributed by atoms with E-state index in [2.05, 4.69) is 26.2 Å². The molecule has 1 N–H and O–H groups in total. The maximum Gasteiger partial charge on any atom is 0.244 e. The normalized spacial score (nSPS) is 15.9. The molecule has 1 aromatic carbocycles. The van der Waals surface area contributed by atoms with Crippen molar-refractivity contribution in [3.8, 4) is 0 Å². The van der Waals surface area contributed by atoms with E-state index < -0.39 is 10.0 Å². The molecule has 1 saturated heterocycles. The minimum Gasteiger partial charge on any atom is -0.340 e. The number of benzene rings is 1. The molecule has 5 nitrogen and oxygen atoms in total. The number of sulfonamides is 1. The molecular formula is C15H16BrN3O2S. The van der Waals surface area contributed by atoms with E-state index in [-0.39, 0.29) is 4.90 Å². The zero-order valence-corrected chi connectivity index (χ0v) is 14.3. The van der Waals surface area contributed by atoms with Crippen LogP contribution in [0.5, 0.6) is 0 Å². The Morgan fingerprint density at radius 1 is 1.05 bits per heavy atom. The maximum atomic E-state index is 12.4. The molecule has 0 radical (unpaired) electrons. The number of aromatic nitrogens is 1. The summed E-state index contributed by atoms with van der Waals surface area (Å²) in [7, 11) is -3.40. The number of nitrogens with one attached hydrogen (secondary N) is 1. The fraction of sp³-hybridized carbons (Fsp3) is 0.267. The zero-order chi connectivity index (χ0) is 15.6. The number of anilines is 2. The van der Waals surface area contributed by atoms with Gasteiger partial charge in [-0.3, -0.25) is 0 Å². The maximum absolute atomic E-state index is 12.4. The van der Waals surface area contributed by atoms with Gasteiger partial charge in [0.05, 0.1) is 0 Å². The van der Waals surface area contributed by atoms with Crippen LogP contribution in [-0.4, -0.2) is 30.8 Å². The smallest absolute Gasteiger partial charge is 0.244 e. The van der Waals surface area contributed by atoms with Gasteiger partial charge in [-0.25, -0.2) is 13.4 Å². The van der Waals surface area contributed by atoms with E-state index in [1.807, 2.05) is 24.3 Å². The summed E-state index contributed by atoms with van der Waals surface area (Å²) < 4.78 is 27.3. The Bertz CT molecular complexity index is 739. The molecule has 0 spiro atoms. The van der Waals surface area contributed by atoms with Gasteiger partial charge in [-0.15, -0.1) is 0 Å². The van der Waals surface area contributed by atoms with Gasteiger partial charge in [-0.1, -0.05) is 15.9 Å². The van der Waals surface area contributed by atoms with Crippen molar-refractivity contribution in [3.63, 3.8) is 0 Å². The summed E-state index contributed by atoms with van der Waals surface area (Å²) in [6.07, 6.45) is 3.26. The first-order valence-corrected chi connectivity index (χ1v) is 9.28. The molecule has 0 saturated carbocycles. The van der Waals surface area contributed by atoms with E-state index in [1.165, 1.54) is 10.5 Å². The van der Waals surface area contributed by atoms with Crippen molar-refractivity contribution < 1.29 is 8.42 Å². The highest BCUT2D eigenvalue weighted by atomic mass is 79.9. The quantitative estimate of drug-likeness (QED) is 0.881. The number of hydrogen-bond acceptors (Lipinski definition) is 4. The van der Waals surface area contributed by atoms with E-state index in [9.17, 15) is 8.42 Å². The fourth-order valence-electron chi connectivity index (χ4n) is 2.37. The molecule has 3 rings (SSSR count). The lowest BCUT2D eigenvalue weighted by molar-refractivity contribution is 0.477. The first kappa shape index (κ1) is 15.5. The lowest BCUT2D eigenvalue weighted by atomic mass is 10.3. The molecule has 1 fully saturated rings. The average Bonchev–Trinajstić information content (AvgIpc) is 3.05. The predicted molar refractivity (Wildman–Crippen MR) is 89.7 cm³/mol. The van der Waals surface area contributed by atoms with Gasteiger partial charge >= 0.3 is 0 Å². The van der Waals surface area contributed by atoms with Crippen LogP contribution >= 0.6 is 15.9 Å². The molecule has 1 aromatic heterocycles. The van der Waals surface area contributed by atoms with Crippen LogP contribution in [-0.2, 0) is 10.0 Å². The highest BCUT2D eigenvalue weighted by Gasteiger charge is 2.27. The number of nitrogens with zero attached hydrogens (tertiary/aromatic N) is 2. The lowest BCUT2D eigenvalue weighted by Gasteiger charge is -2.15. The molecule has 0 amide bonds. The van der Waals surface area contributed by atoms with Crippen LogP contribution in [0.1, 0.15) is 12.8 Å². The largest absolute Gasteiger partial charge is 0.340 e.